The fourth-order valence-corrected chi connectivity index (χ4v) is 2.37. The molecular weight excluding hydrogens is 196 g/mol. The van der Waals surface area contributed by atoms with Crippen LogP contribution < -0.4 is 4.90 Å². The molecule has 0 aliphatic carbocycles. The summed E-state index contributed by atoms with van der Waals surface area (Å²) < 4.78 is 0. The highest BCUT2D eigenvalue weighted by molar-refractivity contribution is 7.15. The number of hydrogen-bond acceptors (Lipinski definition) is 4. The standard InChI is InChI=1S/C10H18N2OS/c1-5-6-12(4)10-11-7(2)9(14-10)8(3)13/h8,13H,5-6H2,1-4H3. The lowest BCUT2D eigenvalue weighted by atomic mass is 10.3. The summed E-state index contributed by atoms with van der Waals surface area (Å²) >= 11 is 1.58. The number of hydrogen-bond donors (Lipinski definition) is 1. The summed E-state index contributed by atoms with van der Waals surface area (Å²) in [5.74, 6) is 0. The number of anilines is 1. The maximum absolute atomic E-state index is 9.48. The number of aliphatic hydroxyl groups excluding tert-OH is 1. The zero-order valence-electron chi connectivity index (χ0n) is 9.24. The van der Waals surface area contributed by atoms with Crippen LogP contribution in [0.1, 0.15) is 36.9 Å². The Morgan fingerprint density at radius 2 is 2.21 bits per heavy atom. The van der Waals surface area contributed by atoms with E-state index in [1.165, 1.54) is 0 Å². The molecule has 0 fully saturated rings. The van der Waals surface area contributed by atoms with Crippen molar-refractivity contribution in [2.24, 2.45) is 0 Å². The Labute approximate surface area is 89.4 Å². The Balaban J connectivity index is 2.85. The molecule has 1 heterocycles. The molecule has 1 N–H and O–H groups in total. The van der Waals surface area contributed by atoms with Crippen molar-refractivity contribution in [2.75, 3.05) is 18.5 Å². The normalized spacial score (nSPS) is 12.9. The van der Waals surface area contributed by atoms with Crippen molar-refractivity contribution >= 4 is 16.5 Å². The summed E-state index contributed by atoms with van der Waals surface area (Å²) in [7, 11) is 2.04. The van der Waals surface area contributed by atoms with Gasteiger partial charge in [0.05, 0.1) is 16.7 Å². The lowest BCUT2D eigenvalue weighted by molar-refractivity contribution is 0.202. The molecule has 1 unspecified atom stereocenters. The SMILES string of the molecule is CCCN(C)c1nc(C)c(C(C)O)s1. The van der Waals surface area contributed by atoms with Crippen molar-refractivity contribution in [1.29, 1.82) is 0 Å². The van der Waals surface area contributed by atoms with E-state index in [0.29, 0.717) is 0 Å². The molecule has 1 rings (SSSR count). The number of aryl methyl sites for hydroxylation is 1. The minimum Gasteiger partial charge on any atom is -0.388 e. The maximum Gasteiger partial charge on any atom is 0.185 e. The van der Waals surface area contributed by atoms with Crippen LogP contribution in [-0.2, 0) is 0 Å². The van der Waals surface area contributed by atoms with E-state index < -0.39 is 6.10 Å². The zero-order valence-corrected chi connectivity index (χ0v) is 10.1. The molecule has 1 atom stereocenters. The van der Waals surface area contributed by atoms with E-state index in [2.05, 4.69) is 16.8 Å². The van der Waals surface area contributed by atoms with Gasteiger partial charge in [-0.1, -0.05) is 18.3 Å². The van der Waals surface area contributed by atoms with Crippen LogP contribution >= 0.6 is 11.3 Å². The lowest BCUT2D eigenvalue weighted by Crippen LogP contribution is -2.17. The van der Waals surface area contributed by atoms with Gasteiger partial charge in [0.25, 0.3) is 0 Å². The van der Waals surface area contributed by atoms with Gasteiger partial charge in [0, 0.05) is 13.6 Å². The Morgan fingerprint density at radius 3 is 2.64 bits per heavy atom. The molecule has 14 heavy (non-hydrogen) atoms. The van der Waals surface area contributed by atoms with E-state index in [4.69, 9.17) is 0 Å². The summed E-state index contributed by atoms with van der Waals surface area (Å²) in [6.07, 6.45) is 0.704. The van der Waals surface area contributed by atoms with E-state index in [0.717, 1.165) is 28.7 Å². The molecule has 80 valence electrons. The van der Waals surface area contributed by atoms with Gasteiger partial charge in [-0.2, -0.15) is 0 Å². The van der Waals surface area contributed by atoms with E-state index >= 15 is 0 Å². The van der Waals surface area contributed by atoms with Crippen LogP contribution in [0, 0.1) is 6.92 Å². The molecule has 0 spiro atoms. The molecule has 0 aromatic carbocycles. The Morgan fingerprint density at radius 1 is 1.57 bits per heavy atom. The summed E-state index contributed by atoms with van der Waals surface area (Å²) in [5.41, 5.74) is 0.947. The van der Waals surface area contributed by atoms with E-state index in [1.54, 1.807) is 18.3 Å². The fraction of sp³-hybridized carbons (Fsp3) is 0.700. The molecule has 0 radical (unpaired) electrons. The molecule has 1 aromatic rings. The second-order valence-corrected chi connectivity index (χ2v) is 4.55. The summed E-state index contributed by atoms with van der Waals surface area (Å²) in [4.78, 5) is 7.54. The maximum atomic E-state index is 9.48. The number of rotatable bonds is 4. The smallest absolute Gasteiger partial charge is 0.185 e. The van der Waals surface area contributed by atoms with Crippen molar-refractivity contribution < 1.29 is 5.11 Å². The third kappa shape index (κ3) is 2.45. The van der Waals surface area contributed by atoms with Gasteiger partial charge in [-0.25, -0.2) is 4.98 Å². The highest BCUT2D eigenvalue weighted by Crippen LogP contribution is 2.29. The van der Waals surface area contributed by atoms with Gasteiger partial charge in [0.1, 0.15) is 0 Å². The minimum atomic E-state index is -0.406. The van der Waals surface area contributed by atoms with Crippen LogP contribution in [0.3, 0.4) is 0 Å². The van der Waals surface area contributed by atoms with Crippen LogP contribution in [0.25, 0.3) is 0 Å². The third-order valence-corrected chi connectivity index (χ3v) is 3.53. The monoisotopic (exact) mass is 214 g/mol. The summed E-state index contributed by atoms with van der Waals surface area (Å²) in [5, 5.41) is 10.5. The quantitative estimate of drug-likeness (QED) is 0.836. The number of aromatic nitrogens is 1. The highest BCUT2D eigenvalue weighted by atomic mass is 32.1. The molecule has 3 nitrogen and oxygen atoms in total. The molecule has 0 amide bonds. The third-order valence-electron chi connectivity index (χ3n) is 2.09. The average Bonchev–Trinajstić information content (AvgIpc) is 2.48. The van der Waals surface area contributed by atoms with E-state index in [9.17, 15) is 5.11 Å². The zero-order chi connectivity index (χ0) is 10.7. The number of aliphatic hydroxyl groups is 1. The van der Waals surface area contributed by atoms with Crippen molar-refractivity contribution in [2.45, 2.75) is 33.3 Å². The average molecular weight is 214 g/mol. The van der Waals surface area contributed by atoms with E-state index in [1.807, 2.05) is 14.0 Å². The summed E-state index contributed by atoms with van der Waals surface area (Å²) in [6, 6.07) is 0. The van der Waals surface area contributed by atoms with Crippen molar-refractivity contribution in [1.82, 2.24) is 4.98 Å². The van der Waals surface area contributed by atoms with Crippen molar-refractivity contribution in [3.8, 4) is 0 Å². The number of thiazole rings is 1. The molecular formula is C10H18N2OS. The molecule has 0 saturated carbocycles. The summed E-state index contributed by atoms with van der Waals surface area (Å²) in [6.45, 7) is 6.88. The largest absolute Gasteiger partial charge is 0.388 e. The molecule has 1 aromatic heterocycles. The van der Waals surface area contributed by atoms with Crippen LogP contribution in [0.2, 0.25) is 0 Å². The molecule has 0 aliphatic rings. The van der Waals surface area contributed by atoms with Gasteiger partial charge in [-0.05, 0) is 20.3 Å². The Bertz CT molecular complexity index is 296. The topological polar surface area (TPSA) is 36.4 Å². The lowest BCUT2D eigenvalue weighted by Gasteiger charge is -2.13. The number of nitrogens with zero attached hydrogens (tertiary/aromatic N) is 2. The van der Waals surface area contributed by atoms with Crippen LogP contribution in [0.15, 0.2) is 0 Å². The minimum absolute atomic E-state index is 0.406. The van der Waals surface area contributed by atoms with Crippen LogP contribution in [0.5, 0.6) is 0 Å². The molecule has 0 bridgehead atoms. The van der Waals surface area contributed by atoms with Crippen molar-refractivity contribution in [3.63, 3.8) is 0 Å². The van der Waals surface area contributed by atoms with Crippen molar-refractivity contribution in [3.05, 3.63) is 10.6 Å². The second-order valence-electron chi connectivity index (χ2n) is 3.54. The first-order valence-corrected chi connectivity index (χ1v) is 5.74. The van der Waals surface area contributed by atoms with Crippen LogP contribution in [-0.4, -0.2) is 23.7 Å². The fourth-order valence-electron chi connectivity index (χ4n) is 1.38. The Hall–Kier alpha value is -0.610. The van der Waals surface area contributed by atoms with Gasteiger partial charge < -0.3 is 10.0 Å². The first-order valence-electron chi connectivity index (χ1n) is 4.92. The van der Waals surface area contributed by atoms with Gasteiger partial charge in [-0.15, -0.1) is 0 Å². The molecule has 0 aliphatic heterocycles. The molecule has 4 heteroatoms. The van der Waals surface area contributed by atoms with Gasteiger partial charge in [-0.3, -0.25) is 0 Å². The predicted octanol–water partition coefficient (Wildman–Crippen LogP) is 2.35. The van der Waals surface area contributed by atoms with Gasteiger partial charge in [0.15, 0.2) is 5.13 Å². The second kappa shape index (κ2) is 4.75. The van der Waals surface area contributed by atoms with Gasteiger partial charge in [0.2, 0.25) is 0 Å². The van der Waals surface area contributed by atoms with E-state index in [-0.39, 0.29) is 0 Å². The first kappa shape index (κ1) is 11.5. The van der Waals surface area contributed by atoms with Gasteiger partial charge >= 0.3 is 0 Å². The van der Waals surface area contributed by atoms with Crippen LogP contribution in [0.4, 0.5) is 5.13 Å². The first-order chi connectivity index (χ1) is 6.56. The Kier molecular flexibility index (Phi) is 3.89. The predicted molar refractivity (Wildman–Crippen MR) is 61.0 cm³/mol. The molecule has 0 saturated heterocycles. The highest BCUT2D eigenvalue weighted by Gasteiger charge is 2.13.